The summed E-state index contributed by atoms with van der Waals surface area (Å²) in [5.41, 5.74) is 1.52. The summed E-state index contributed by atoms with van der Waals surface area (Å²) in [5.74, 6) is 0.609. The second kappa shape index (κ2) is 8.45. The largest absolute Gasteiger partial charge is 0.444 e. The second-order valence-electron chi connectivity index (χ2n) is 7.58. The molecular weight excluding hydrogens is 318 g/mol. The third-order valence-electron chi connectivity index (χ3n) is 4.29. The van der Waals surface area contributed by atoms with E-state index in [1.165, 1.54) is 0 Å². The zero-order valence-electron chi connectivity index (χ0n) is 16.1. The molecule has 0 unspecified atom stereocenters. The average molecular weight is 349 g/mol. The Balaban J connectivity index is 1.81. The minimum Gasteiger partial charge on any atom is -0.444 e. The normalized spacial score (nSPS) is 20.8. The van der Waals surface area contributed by atoms with Crippen molar-refractivity contribution < 1.29 is 9.53 Å². The predicted octanol–water partition coefficient (Wildman–Crippen LogP) is 3.24. The summed E-state index contributed by atoms with van der Waals surface area (Å²) >= 11 is 0. The summed E-state index contributed by atoms with van der Waals surface area (Å²) in [7, 11) is 0. The molecular formula is C18H31N5O2. The fourth-order valence-electron chi connectivity index (χ4n) is 3.04. The van der Waals surface area contributed by atoms with Gasteiger partial charge in [-0.05, 0) is 59.3 Å². The first-order chi connectivity index (χ1) is 11.8. The Morgan fingerprint density at radius 1 is 1.04 bits per heavy atom. The lowest BCUT2D eigenvalue weighted by Gasteiger charge is -2.30. The Bertz CT molecular complexity index is 577. The summed E-state index contributed by atoms with van der Waals surface area (Å²) in [5, 5.41) is 14.8. The van der Waals surface area contributed by atoms with Crippen LogP contribution < -0.4 is 10.6 Å². The van der Waals surface area contributed by atoms with E-state index in [4.69, 9.17) is 4.74 Å². The topological polar surface area (TPSA) is 89.0 Å². The monoisotopic (exact) mass is 349 g/mol. The maximum absolute atomic E-state index is 11.9. The number of aromatic nitrogens is 3. The molecule has 7 heteroatoms. The number of aryl methyl sites for hydroxylation is 2. The van der Waals surface area contributed by atoms with Crippen LogP contribution in [-0.4, -0.2) is 39.0 Å². The number of rotatable bonds is 5. The number of ether oxygens (including phenoxy) is 1. The van der Waals surface area contributed by atoms with Gasteiger partial charge in [0.25, 0.3) is 0 Å². The van der Waals surface area contributed by atoms with Gasteiger partial charge in [-0.15, -0.1) is 5.10 Å². The van der Waals surface area contributed by atoms with E-state index >= 15 is 0 Å². The number of carbonyl (C=O) groups is 1. The Kier molecular flexibility index (Phi) is 6.56. The Hall–Kier alpha value is -1.92. The van der Waals surface area contributed by atoms with Crippen molar-refractivity contribution in [3.05, 3.63) is 11.4 Å². The van der Waals surface area contributed by atoms with E-state index in [2.05, 4.69) is 39.7 Å². The number of anilines is 1. The van der Waals surface area contributed by atoms with E-state index in [-0.39, 0.29) is 12.1 Å². The van der Waals surface area contributed by atoms with Crippen molar-refractivity contribution in [2.24, 2.45) is 0 Å². The van der Waals surface area contributed by atoms with E-state index in [1.54, 1.807) is 0 Å². The number of alkyl carbamates (subject to hydrolysis) is 1. The first kappa shape index (κ1) is 19.4. The minimum atomic E-state index is -0.463. The molecule has 1 aliphatic rings. The standard InChI is InChI=1S/C18H31N5O2/c1-6-14-15(7-2)22-23-16(21-14)19-12-8-10-13(11-9-12)20-17(24)25-18(3,4)5/h12-13H,6-11H2,1-5H3,(H,20,24)(H,19,21,23). The summed E-state index contributed by atoms with van der Waals surface area (Å²) in [6.45, 7) is 9.76. The predicted molar refractivity (Wildman–Crippen MR) is 97.6 cm³/mol. The van der Waals surface area contributed by atoms with Gasteiger partial charge in [-0.2, -0.15) is 5.10 Å². The molecule has 0 atom stereocenters. The van der Waals surface area contributed by atoms with Gasteiger partial charge >= 0.3 is 6.09 Å². The van der Waals surface area contributed by atoms with Crippen LogP contribution in [0, 0.1) is 0 Å². The number of hydrogen-bond acceptors (Lipinski definition) is 6. The van der Waals surface area contributed by atoms with Crippen molar-refractivity contribution in [1.82, 2.24) is 20.5 Å². The average Bonchev–Trinajstić information content (AvgIpc) is 2.54. The summed E-state index contributed by atoms with van der Waals surface area (Å²) in [4.78, 5) is 16.4. The minimum absolute atomic E-state index is 0.167. The summed E-state index contributed by atoms with van der Waals surface area (Å²) in [6, 6.07) is 0.483. The van der Waals surface area contributed by atoms with Crippen LogP contribution in [0.2, 0.25) is 0 Å². The van der Waals surface area contributed by atoms with Crippen LogP contribution in [0.1, 0.15) is 71.7 Å². The van der Waals surface area contributed by atoms with Gasteiger partial charge in [0.05, 0.1) is 11.4 Å². The lowest BCUT2D eigenvalue weighted by atomic mass is 9.91. The highest BCUT2D eigenvalue weighted by molar-refractivity contribution is 5.68. The maximum atomic E-state index is 11.9. The van der Waals surface area contributed by atoms with Crippen LogP contribution >= 0.6 is 0 Å². The summed E-state index contributed by atoms with van der Waals surface area (Å²) in [6.07, 6.45) is 5.13. The van der Waals surface area contributed by atoms with Gasteiger partial charge in [-0.1, -0.05) is 13.8 Å². The lowest BCUT2D eigenvalue weighted by Crippen LogP contribution is -2.42. The SMILES string of the molecule is CCc1nnc(NC2CCC(NC(=O)OC(C)(C)C)CC2)nc1CC. The zero-order valence-corrected chi connectivity index (χ0v) is 16.1. The van der Waals surface area contributed by atoms with Gasteiger partial charge in [0.2, 0.25) is 5.95 Å². The number of nitrogens with zero attached hydrogens (tertiary/aromatic N) is 3. The Morgan fingerprint density at radius 3 is 2.20 bits per heavy atom. The molecule has 7 nitrogen and oxygen atoms in total. The van der Waals surface area contributed by atoms with Crippen molar-refractivity contribution in [1.29, 1.82) is 0 Å². The molecule has 2 rings (SSSR count). The highest BCUT2D eigenvalue weighted by Gasteiger charge is 2.25. The molecule has 2 N–H and O–H groups in total. The fraction of sp³-hybridized carbons (Fsp3) is 0.778. The van der Waals surface area contributed by atoms with Crippen molar-refractivity contribution in [2.45, 2.75) is 90.8 Å². The van der Waals surface area contributed by atoms with Gasteiger partial charge in [0.1, 0.15) is 5.60 Å². The first-order valence-electron chi connectivity index (χ1n) is 9.29. The zero-order chi connectivity index (χ0) is 18.4. The molecule has 0 radical (unpaired) electrons. The van der Waals surface area contributed by atoms with E-state index in [9.17, 15) is 4.79 Å². The Labute approximate surface area is 150 Å². The van der Waals surface area contributed by atoms with Crippen LogP contribution in [0.25, 0.3) is 0 Å². The second-order valence-corrected chi connectivity index (χ2v) is 7.58. The molecule has 1 saturated carbocycles. The van der Waals surface area contributed by atoms with E-state index in [0.29, 0.717) is 12.0 Å². The van der Waals surface area contributed by atoms with Gasteiger partial charge in [0.15, 0.2) is 0 Å². The van der Waals surface area contributed by atoms with Crippen molar-refractivity contribution in [3.63, 3.8) is 0 Å². The van der Waals surface area contributed by atoms with Gasteiger partial charge in [-0.3, -0.25) is 0 Å². The van der Waals surface area contributed by atoms with E-state index in [0.717, 1.165) is 49.9 Å². The quantitative estimate of drug-likeness (QED) is 0.848. The molecule has 1 fully saturated rings. The fourth-order valence-corrected chi connectivity index (χ4v) is 3.04. The van der Waals surface area contributed by atoms with Crippen molar-refractivity contribution >= 4 is 12.0 Å². The molecule has 0 aromatic carbocycles. The number of hydrogen-bond donors (Lipinski definition) is 2. The highest BCUT2D eigenvalue weighted by atomic mass is 16.6. The van der Waals surface area contributed by atoms with Gasteiger partial charge in [-0.25, -0.2) is 9.78 Å². The number of nitrogens with one attached hydrogen (secondary N) is 2. The molecule has 1 amide bonds. The lowest BCUT2D eigenvalue weighted by molar-refractivity contribution is 0.0492. The molecule has 1 heterocycles. The van der Waals surface area contributed by atoms with E-state index < -0.39 is 5.60 Å². The number of amides is 1. The molecule has 0 saturated heterocycles. The molecule has 0 bridgehead atoms. The van der Waals surface area contributed by atoms with Crippen molar-refractivity contribution in [2.75, 3.05) is 5.32 Å². The first-order valence-corrected chi connectivity index (χ1v) is 9.29. The van der Waals surface area contributed by atoms with Crippen LogP contribution in [0.5, 0.6) is 0 Å². The summed E-state index contributed by atoms with van der Waals surface area (Å²) < 4.78 is 5.32. The van der Waals surface area contributed by atoms with Crippen LogP contribution in [0.3, 0.4) is 0 Å². The van der Waals surface area contributed by atoms with Crippen LogP contribution in [0.15, 0.2) is 0 Å². The van der Waals surface area contributed by atoms with Crippen LogP contribution in [0.4, 0.5) is 10.7 Å². The van der Waals surface area contributed by atoms with Crippen LogP contribution in [-0.2, 0) is 17.6 Å². The molecule has 1 aromatic heterocycles. The Morgan fingerprint density at radius 2 is 1.64 bits per heavy atom. The molecule has 140 valence electrons. The highest BCUT2D eigenvalue weighted by Crippen LogP contribution is 2.22. The van der Waals surface area contributed by atoms with Gasteiger partial charge in [0, 0.05) is 12.1 Å². The molecule has 1 aromatic rings. The van der Waals surface area contributed by atoms with E-state index in [1.807, 2.05) is 20.8 Å². The third-order valence-corrected chi connectivity index (χ3v) is 4.29. The van der Waals surface area contributed by atoms with Crippen molar-refractivity contribution in [3.8, 4) is 0 Å². The molecule has 25 heavy (non-hydrogen) atoms. The van der Waals surface area contributed by atoms with Gasteiger partial charge < -0.3 is 15.4 Å². The smallest absolute Gasteiger partial charge is 0.407 e. The molecule has 1 aliphatic carbocycles. The maximum Gasteiger partial charge on any atom is 0.407 e. The molecule has 0 aliphatic heterocycles. The third kappa shape index (κ3) is 6.14. The number of carbonyl (C=O) groups excluding carboxylic acids is 1. The molecule has 0 spiro atoms.